The Bertz CT molecular complexity index is 1310. The Kier molecular flexibility index (Phi) is 8.40. The Morgan fingerprint density at radius 3 is 2.78 bits per heavy atom. The first-order valence-corrected chi connectivity index (χ1v) is 14.2. The topological polar surface area (TPSA) is 92.8 Å². The molecule has 2 aromatic heterocycles. The molecule has 2 heterocycles. The third kappa shape index (κ3) is 6.43. The number of rotatable bonds is 9. The molecule has 1 amide bonds. The minimum atomic E-state index is -0.168. The van der Waals surface area contributed by atoms with Gasteiger partial charge in [0.2, 0.25) is 5.91 Å². The Hall–Kier alpha value is -3.09. The first kappa shape index (κ1) is 27.0. The van der Waals surface area contributed by atoms with Gasteiger partial charge in [-0.1, -0.05) is 56.3 Å². The van der Waals surface area contributed by atoms with Crippen LogP contribution in [-0.4, -0.2) is 26.4 Å². The lowest BCUT2D eigenvalue weighted by Gasteiger charge is -2.33. The summed E-state index contributed by atoms with van der Waals surface area (Å²) in [4.78, 5) is 14.1. The lowest BCUT2D eigenvalue weighted by atomic mass is 9.72. The first-order valence-electron chi connectivity index (χ1n) is 12.4. The molecule has 194 valence electrons. The van der Waals surface area contributed by atoms with Gasteiger partial charge in [-0.3, -0.25) is 9.36 Å². The second-order valence-electron chi connectivity index (χ2n) is 10.4. The third-order valence-corrected chi connectivity index (χ3v) is 8.82. The van der Waals surface area contributed by atoms with E-state index in [0.29, 0.717) is 34.0 Å². The lowest BCUT2D eigenvalue weighted by molar-refractivity contribution is -0.113. The zero-order chi connectivity index (χ0) is 26.6. The molecule has 1 aliphatic carbocycles. The van der Waals surface area contributed by atoms with Crippen molar-refractivity contribution in [2.24, 2.45) is 11.3 Å². The molecule has 1 N–H and O–H groups in total. The summed E-state index contributed by atoms with van der Waals surface area (Å²) in [5.41, 5.74) is 3.12. The number of nitriles is 1. The van der Waals surface area contributed by atoms with E-state index in [0.717, 1.165) is 36.1 Å². The van der Waals surface area contributed by atoms with Crippen LogP contribution >= 0.6 is 23.1 Å². The quantitative estimate of drug-likeness (QED) is 0.260. The van der Waals surface area contributed by atoms with Crippen LogP contribution in [0.3, 0.4) is 0 Å². The third-order valence-electron chi connectivity index (χ3n) is 6.68. The summed E-state index contributed by atoms with van der Waals surface area (Å²) in [5.74, 6) is 1.98. The zero-order valence-corrected chi connectivity index (χ0v) is 23.5. The van der Waals surface area contributed by atoms with Crippen molar-refractivity contribution in [3.05, 3.63) is 64.3 Å². The number of aromatic nitrogens is 3. The van der Waals surface area contributed by atoms with Crippen molar-refractivity contribution in [2.45, 2.75) is 65.3 Å². The van der Waals surface area contributed by atoms with E-state index in [2.05, 4.69) is 48.9 Å². The molecule has 0 bridgehead atoms. The van der Waals surface area contributed by atoms with Gasteiger partial charge in [0.1, 0.15) is 23.4 Å². The maximum atomic E-state index is 12.9. The molecule has 1 aliphatic rings. The van der Waals surface area contributed by atoms with Crippen LogP contribution in [-0.2, 0) is 30.8 Å². The minimum Gasteiger partial charge on any atom is -0.486 e. The fourth-order valence-electron chi connectivity index (χ4n) is 4.45. The Morgan fingerprint density at radius 2 is 2.11 bits per heavy atom. The Balaban J connectivity index is 1.40. The molecule has 1 atom stereocenters. The van der Waals surface area contributed by atoms with E-state index in [1.165, 1.54) is 16.6 Å². The van der Waals surface area contributed by atoms with E-state index in [1.807, 2.05) is 35.8 Å². The predicted molar refractivity (Wildman–Crippen MR) is 149 cm³/mol. The second-order valence-corrected chi connectivity index (χ2v) is 12.4. The van der Waals surface area contributed by atoms with E-state index >= 15 is 0 Å². The summed E-state index contributed by atoms with van der Waals surface area (Å²) >= 11 is 2.86. The average molecular weight is 536 g/mol. The summed E-state index contributed by atoms with van der Waals surface area (Å²) in [6.07, 6.45) is 4.68. The van der Waals surface area contributed by atoms with E-state index in [-0.39, 0.29) is 23.7 Å². The summed E-state index contributed by atoms with van der Waals surface area (Å²) in [7, 11) is 0. The van der Waals surface area contributed by atoms with E-state index in [4.69, 9.17) is 4.74 Å². The van der Waals surface area contributed by atoms with E-state index in [9.17, 15) is 10.1 Å². The molecule has 3 aromatic rings. The largest absolute Gasteiger partial charge is 0.486 e. The number of hydrogen-bond acceptors (Lipinski definition) is 7. The van der Waals surface area contributed by atoms with Crippen LogP contribution in [0.5, 0.6) is 5.75 Å². The number of carbonyl (C=O) groups is 1. The highest BCUT2D eigenvalue weighted by Gasteiger charge is 2.32. The highest BCUT2D eigenvalue weighted by Crippen LogP contribution is 2.44. The fourth-order valence-corrected chi connectivity index (χ4v) is 6.51. The van der Waals surface area contributed by atoms with Crippen LogP contribution in [0.2, 0.25) is 0 Å². The van der Waals surface area contributed by atoms with Gasteiger partial charge in [-0.15, -0.1) is 28.1 Å². The van der Waals surface area contributed by atoms with Gasteiger partial charge in [-0.25, -0.2) is 0 Å². The number of allylic oxidation sites excluding steroid dienone is 1. The van der Waals surface area contributed by atoms with Crippen LogP contribution in [0, 0.1) is 29.6 Å². The van der Waals surface area contributed by atoms with Gasteiger partial charge in [0.05, 0.1) is 11.3 Å². The molecule has 0 fully saturated rings. The van der Waals surface area contributed by atoms with E-state index in [1.54, 1.807) is 17.4 Å². The van der Waals surface area contributed by atoms with Crippen LogP contribution in [0.1, 0.15) is 54.6 Å². The maximum Gasteiger partial charge on any atom is 0.235 e. The number of fused-ring (bicyclic) bond motifs is 1. The molecule has 0 saturated heterocycles. The predicted octanol–water partition coefficient (Wildman–Crippen LogP) is 6.17. The van der Waals surface area contributed by atoms with Crippen LogP contribution in [0.4, 0.5) is 5.00 Å². The Labute approximate surface area is 226 Å². The number of nitrogens with one attached hydrogen (secondary N) is 1. The second kappa shape index (κ2) is 11.5. The molecule has 37 heavy (non-hydrogen) atoms. The molecule has 1 aromatic carbocycles. The molecule has 4 rings (SSSR count). The smallest absolute Gasteiger partial charge is 0.235 e. The van der Waals surface area contributed by atoms with Crippen LogP contribution in [0.15, 0.2) is 42.1 Å². The normalized spacial score (nSPS) is 15.1. The van der Waals surface area contributed by atoms with Gasteiger partial charge in [-0.05, 0) is 55.2 Å². The summed E-state index contributed by atoms with van der Waals surface area (Å²) in [6.45, 7) is 13.4. The van der Waals surface area contributed by atoms with Crippen LogP contribution < -0.4 is 10.1 Å². The number of ether oxygens (including phenoxy) is 1. The number of amides is 1. The summed E-state index contributed by atoms with van der Waals surface area (Å²) in [5, 5.41) is 22.6. The Morgan fingerprint density at radius 1 is 1.35 bits per heavy atom. The van der Waals surface area contributed by atoms with Gasteiger partial charge in [-0.2, -0.15) is 5.26 Å². The van der Waals surface area contributed by atoms with Gasteiger partial charge in [0.25, 0.3) is 0 Å². The van der Waals surface area contributed by atoms with Crippen molar-refractivity contribution >= 4 is 34.0 Å². The number of aryl methyl sites for hydroxylation is 1. The number of thioether (sulfide) groups is 1. The number of hydrogen-bond donors (Lipinski definition) is 1. The van der Waals surface area contributed by atoms with Crippen LogP contribution in [0.25, 0.3) is 0 Å². The molecule has 0 saturated carbocycles. The zero-order valence-electron chi connectivity index (χ0n) is 21.8. The molecule has 1 unspecified atom stereocenters. The van der Waals surface area contributed by atoms with Gasteiger partial charge >= 0.3 is 0 Å². The summed E-state index contributed by atoms with van der Waals surface area (Å²) < 4.78 is 7.77. The highest BCUT2D eigenvalue weighted by molar-refractivity contribution is 7.99. The minimum absolute atomic E-state index is 0.159. The van der Waals surface area contributed by atoms with E-state index < -0.39 is 0 Å². The fraction of sp³-hybridized carbons (Fsp3) is 0.429. The maximum absolute atomic E-state index is 12.9. The number of anilines is 1. The van der Waals surface area contributed by atoms with Crippen molar-refractivity contribution in [3.63, 3.8) is 0 Å². The van der Waals surface area contributed by atoms with Crippen molar-refractivity contribution in [2.75, 3.05) is 11.1 Å². The highest BCUT2D eigenvalue weighted by atomic mass is 32.2. The molecular formula is C28H33N5O2S2. The average Bonchev–Trinajstić information content (AvgIpc) is 3.41. The van der Waals surface area contributed by atoms with Crippen molar-refractivity contribution < 1.29 is 9.53 Å². The SMILES string of the molecule is C=CCn1c(COc2ccc(C)cc2)nnc1SCC(=O)Nc1sc2c(c1C#N)CCC(C(C)(C)C)C2. The van der Waals surface area contributed by atoms with Gasteiger partial charge in [0.15, 0.2) is 11.0 Å². The molecule has 7 nitrogen and oxygen atoms in total. The van der Waals surface area contributed by atoms with Crippen molar-refractivity contribution in [3.8, 4) is 11.8 Å². The van der Waals surface area contributed by atoms with Crippen molar-refractivity contribution in [1.82, 2.24) is 14.8 Å². The number of benzene rings is 1. The van der Waals surface area contributed by atoms with Gasteiger partial charge < -0.3 is 10.1 Å². The standard InChI is InChI=1S/C28H33N5O2S2/c1-6-13-33-24(16-35-20-10-7-18(2)8-11-20)31-32-27(33)36-17-25(34)30-26-22(15-29)21-12-9-19(28(3,4)5)14-23(21)37-26/h6-8,10-11,19H,1,9,12-14,16-17H2,2-5H3,(H,30,34). The first-order chi connectivity index (χ1) is 17.7. The molecule has 9 heteroatoms. The molecular weight excluding hydrogens is 502 g/mol. The number of carbonyl (C=O) groups excluding carboxylic acids is 1. The molecule has 0 aliphatic heterocycles. The summed E-state index contributed by atoms with van der Waals surface area (Å²) in [6, 6.07) is 10.2. The number of thiophene rings is 1. The number of nitrogens with zero attached hydrogens (tertiary/aromatic N) is 4. The van der Waals surface area contributed by atoms with Crippen molar-refractivity contribution in [1.29, 1.82) is 5.26 Å². The molecule has 0 spiro atoms. The monoisotopic (exact) mass is 535 g/mol. The molecule has 0 radical (unpaired) electrons. The lowest BCUT2D eigenvalue weighted by Crippen LogP contribution is -2.26. The van der Waals surface area contributed by atoms with Gasteiger partial charge in [0, 0.05) is 11.4 Å².